The fourth-order valence-corrected chi connectivity index (χ4v) is 5.93. The van der Waals surface area contributed by atoms with Crippen LogP contribution in [0.2, 0.25) is 6.04 Å². The quantitative estimate of drug-likeness (QED) is 0.469. The summed E-state index contributed by atoms with van der Waals surface area (Å²) in [5, 5.41) is 0. The highest BCUT2D eigenvalue weighted by Gasteiger charge is 2.40. The molecule has 0 spiro atoms. The van der Waals surface area contributed by atoms with Crippen LogP contribution >= 0.6 is 0 Å². The van der Waals surface area contributed by atoms with Crippen molar-refractivity contribution in [2.24, 2.45) is 0 Å². The molecule has 1 saturated heterocycles. The molecule has 1 unspecified atom stereocenters. The van der Waals surface area contributed by atoms with Crippen molar-refractivity contribution < 1.29 is 8.85 Å². The Kier molecular flexibility index (Phi) is 5.30. The molecule has 1 atom stereocenters. The van der Waals surface area contributed by atoms with Crippen molar-refractivity contribution in [2.45, 2.75) is 24.5 Å². The summed E-state index contributed by atoms with van der Waals surface area (Å²) >= 11 is 0. The Labute approximate surface area is 157 Å². The molecule has 2 nitrogen and oxygen atoms in total. The molecular formula is C23H24O2Si. The number of benzene rings is 3. The predicted octanol–water partition coefficient (Wildman–Crippen LogP) is 5.03. The van der Waals surface area contributed by atoms with Crippen molar-refractivity contribution >= 4 is 9.28 Å². The van der Waals surface area contributed by atoms with Crippen LogP contribution in [0.15, 0.2) is 91.0 Å². The summed E-state index contributed by atoms with van der Waals surface area (Å²) in [7, 11) is -1.76. The molecule has 1 fully saturated rings. The van der Waals surface area contributed by atoms with E-state index in [1.165, 1.54) is 6.42 Å². The highest BCUT2D eigenvalue weighted by molar-refractivity contribution is 6.44. The Balaban J connectivity index is 1.90. The second-order valence-corrected chi connectivity index (χ2v) is 8.70. The van der Waals surface area contributed by atoms with Gasteiger partial charge in [-0.05, 0) is 35.6 Å². The van der Waals surface area contributed by atoms with Gasteiger partial charge in [0, 0.05) is 6.61 Å². The van der Waals surface area contributed by atoms with Gasteiger partial charge in [0.2, 0.25) is 0 Å². The van der Waals surface area contributed by atoms with Gasteiger partial charge in [-0.1, -0.05) is 91.0 Å². The maximum atomic E-state index is 6.95. The van der Waals surface area contributed by atoms with Crippen molar-refractivity contribution in [3.8, 4) is 0 Å². The van der Waals surface area contributed by atoms with Gasteiger partial charge < -0.3 is 8.85 Å². The van der Waals surface area contributed by atoms with Gasteiger partial charge >= 0.3 is 9.28 Å². The van der Waals surface area contributed by atoms with Gasteiger partial charge in [-0.2, -0.15) is 0 Å². The van der Waals surface area contributed by atoms with Crippen LogP contribution in [-0.4, -0.2) is 15.9 Å². The molecule has 0 amide bonds. The van der Waals surface area contributed by atoms with E-state index >= 15 is 0 Å². The van der Waals surface area contributed by atoms with Gasteiger partial charge in [0.25, 0.3) is 0 Å². The molecule has 1 aliphatic rings. The second kappa shape index (κ2) is 8.00. The normalized spacial score (nSPS) is 17.8. The topological polar surface area (TPSA) is 18.5 Å². The Morgan fingerprint density at radius 1 is 0.654 bits per heavy atom. The molecule has 132 valence electrons. The van der Waals surface area contributed by atoms with E-state index < -0.39 is 14.9 Å². The SMILES string of the molecule is c1ccc(C(O[SiH]2CCCCO2)(c2ccccc2)c2ccccc2)cc1. The minimum atomic E-state index is -1.76. The molecule has 0 aromatic heterocycles. The van der Waals surface area contributed by atoms with Crippen molar-refractivity contribution in [2.75, 3.05) is 6.61 Å². The lowest BCUT2D eigenvalue weighted by molar-refractivity contribution is 0.0901. The van der Waals surface area contributed by atoms with Gasteiger partial charge in [0.1, 0.15) is 5.60 Å². The zero-order valence-corrected chi connectivity index (χ0v) is 16.0. The van der Waals surface area contributed by atoms with E-state index in [9.17, 15) is 0 Å². The first-order chi connectivity index (χ1) is 12.9. The first kappa shape index (κ1) is 17.2. The lowest BCUT2D eigenvalue weighted by atomic mass is 9.80. The zero-order chi connectivity index (χ0) is 17.7. The number of hydrogen-bond acceptors (Lipinski definition) is 2. The van der Waals surface area contributed by atoms with Crippen molar-refractivity contribution in [1.29, 1.82) is 0 Å². The molecule has 3 heteroatoms. The number of rotatable bonds is 5. The Bertz CT molecular complexity index is 703. The zero-order valence-electron chi connectivity index (χ0n) is 14.9. The van der Waals surface area contributed by atoms with Crippen LogP contribution in [0.25, 0.3) is 0 Å². The van der Waals surface area contributed by atoms with Crippen molar-refractivity contribution in [1.82, 2.24) is 0 Å². The molecule has 0 N–H and O–H groups in total. The van der Waals surface area contributed by atoms with Crippen LogP contribution in [0, 0.1) is 0 Å². The monoisotopic (exact) mass is 360 g/mol. The molecule has 3 aromatic carbocycles. The van der Waals surface area contributed by atoms with E-state index in [2.05, 4.69) is 91.0 Å². The van der Waals surface area contributed by atoms with Gasteiger partial charge in [-0.15, -0.1) is 0 Å². The van der Waals surface area contributed by atoms with Crippen LogP contribution in [-0.2, 0) is 14.5 Å². The molecule has 0 radical (unpaired) electrons. The molecule has 0 aliphatic carbocycles. The molecule has 0 saturated carbocycles. The van der Waals surface area contributed by atoms with E-state index in [1.54, 1.807) is 0 Å². The van der Waals surface area contributed by atoms with E-state index in [1.807, 2.05) is 0 Å². The fourth-order valence-electron chi connectivity index (χ4n) is 3.72. The summed E-state index contributed by atoms with van der Waals surface area (Å²) in [5.74, 6) is 0. The summed E-state index contributed by atoms with van der Waals surface area (Å²) in [6, 6.07) is 32.7. The first-order valence-corrected chi connectivity index (χ1v) is 11.1. The molecule has 4 rings (SSSR count). The van der Waals surface area contributed by atoms with Crippen LogP contribution < -0.4 is 0 Å². The Hall–Kier alpha value is -2.20. The second-order valence-electron chi connectivity index (χ2n) is 6.69. The van der Waals surface area contributed by atoms with Crippen LogP contribution in [0.4, 0.5) is 0 Å². The standard InChI is InChI=1S/C23H24O2Si/c1-4-12-20(13-5-1)23(21-14-6-2-7-15-21,22-16-8-3-9-17-22)25-26-19-11-10-18-24-26/h1-9,12-17,26H,10-11,18-19H2. The van der Waals surface area contributed by atoms with E-state index in [4.69, 9.17) is 8.85 Å². The highest BCUT2D eigenvalue weighted by Crippen LogP contribution is 2.41. The summed E-state index contributed by atoms with van der Waals surface area (Å²) in [5.41, 5.74) is 2.83. The third-order valence-corrected chi connectivity index (χ3v) is 7.09. The van der Waals surface area contributed by atoms with Gasteiger partial charge in [-0.3, -0.25) is 0 Å². The Morgan fingerprint density at radius 3 is 1.50 bits per heavy atom. The molecular weight excluding hydrogens is 336 g/mol. The minimum Gasteiger partial charge on any atom is -0.396 e. The Morgan fingerprint density at radius 2 is 1.12 bits per heavy atom. The molecule has 1 aliphatic heterocycles. The van der Waals surface area contributed by atoms with Gasteiger partial charge in [0.15, 0.2) is 0 Å². The molecule has 1 heterocycles. The maximum absolute atomic E-state index is 6.95. The summed E-state index contributed by atoms with van der Waals surface area (Å²) in [6.07, 6.45) is 2.34. The average molecular weight is 361 g/mol. The molecule has 3 aromatic rings. The summed E-state index contributed by atoms with van der Waals surface area (Å²) in [6.45, 7) is 0.825. The van der Waals surface area contributed by atoms with Crippen LogP contribution in [0.5, 0.6) is 0 Å². The fraction of sp³-hybridized carbons (Fsp3) is 0.217. The van der Waals surface area contributed by atoms with Crippen LogP contribution in [0.3, 0.4) is 0 Å². The minimum absolute atomic E-state index is 0.627. The molecule has 26 heavy (non-hydrogen) atoms. The maximum Gasteiger partial charge on any atom is 0.322 e. The lowest BCUT2D eigenvalue weighted by Crippen LogP contribution is -2.41. The lowest BCUT2D eigenvalue weighted by Gasteiger charge is -2.39. The smallest absolute Gasteiger partial charge is 0.322 e. The highest BCUT2D eigenvalue weighted by atomic mass is 28.3. The molecule has 0 bridgehead atoms. The van der Waals surface area contributed by atoms with Crippen molar-refractivity contribution in [3.05, 3.63) is 108 Å². The first-order valence-electron chi connectivity index (χ1n) is 9.35. The third kappa shape index (κ3) is 3.38. The van der Waals surface area contributed by atoms with E-state index in [0.29, 0.717) is 0 Å². The van der Waals surface area contributed by atoms with E-state index in [0.717, 1.165) is 35.8 Å². The predicted molar refractivity (Wildman–Crippen MR) is 107 cm³/mol. The van der Waals surface area contributed by atoms with Gasteiger partial charge in [0.05, 0.1) is 0 Å². The van der Waals surface area contributed by atoms with Gasteiger partial charge in [-0.25, -0.2) is 0 Å². The van der Waals surface area contributed by atoms with Crippen LogP contribution in [0.1, 0.15) is 29.5 Å². The average Bonchev–Trinajstić information content (AvgIpc) is 2.75. The largest absolute Gasteiger partial charge is 0.396 e. The number of hydrogen-bond donors (Lipinski definition) is 0. The van der Waals surface area contributed by atoms with Crippen molar-refractivity contribution in [3.63, 3.8) is 0 Å². The summed E-state index contributed by atoms with van der Waals surface area (Å²) in [4.78, 5) is 0. The van der Waals surface area contributed by atoms with E-state index in [-0.39, 0.29) is 0 Å². The third-order valence-electron chi connectivity index (χ3n) is 4.99. The summed E-state index contributed by atoms with van der Waals surface area (Å²) < 4.78 is 13.1.